The SMILES string of the molecule is O=C1C=CCCN1Cl. The van der Waals surface area contributed by atoms with Crippen LogP contribution in [0.1, 0.15) is 6.42 Å². The number of halogens is 1. The molecule has 1 aliphatic heterocycles. The summed E-state index contributed by atoms with van der Waals surface area (Å²) in [5, 5.41) is 0. The summed E-state index contributed by atoms with van der Waals surface area (Å²) in [7, 11) is 0. The summed E-state index contributed by atoms with van der Waals surface area (Å²) < 4.78 is 1.18. The van der Waals surface area contributed by atoms with Gasteiger partial charge in [-0.05, 0) is 6.42 Å². The molecule has 0 bridgehead atoms. The smallest absolute Gasteiger partial charge is 0.260 e. The molecule has 0 N–H and O–H groups in total. The summed E-state index contributed by atoms with van der Waals surface area (Å²) in [5.74, 6) is -0.113. The van der Waals surface area contributed by atoms with Crippen molar-refractivity contribution >= 4 is 17.7 Å². The Labute approximate surface area is 52.8 Å². The van der Waals surface area contributed by atoms with Gasteiger partial charge in [-0.2, -0.15) is 0 Å². The number of hydrogen-bond donors (Lipinski definition) is 0. The van der Waals surface area contributed by atoms with Crippen LogP contribution in [0.4, 0.5) is 0 Å². The van der Waals surface area contributed by atoms with E-state index in [9.17, 15) is 4.79 Å². The molecule has 1 aliphatic rings. The molecule has 1 amide bonds. The molecule has 0 unspecified atom stereocenters. The van der Waals surface area contributed by atoms with Crippen LogP contribution in [0.2, 0.25) is 0 Å². The summed E-state index contributed by atoms with van der Waals surface area (Å²) in [5.41, 5.74) is 0. The van der Waals surface area contributed by atoms with Crippen LogP contribution in [0.25, 0.3) is 0 Å². The van der Waals surface area contributed by atoms with Gasteiger partial charge in [0.2, 0.25) is 0 Å². The molecule has 8 heavy (non-hydrogen) atoms. The van der Waals surface area contributed by atoms with E-state index in [1.54, 1.807) is 0 Å². The highest BCUT2D eigenvalue weighted by molar-refractivity contribution is 6.23. The first kappa shape index (κ1) is 5.63. The molecule has 0 radical (unpaired) electrons. The number of hydrogen-bond acceptors (Lipinski definition) is 1. The Kier molecular flexibility index (Phi) is 1.53. The predicted molar refractivity (Wildman–Crippen MR) is 31.3 cm³/mol. The average molecular weight is 132 g/mol. The van der Waals surface area contributed by atoms with Crippen LogP contribution < -0.4 is 0 Å². The monoisotopic (exact) mass is 131 g/mol. The molecule has 0 saturated carbocycles. The van der Waals surface area contributed by atoms with Crippen molar-refractivity contribution in [1.29, 1.82) is 0 Å². The van der Waals surface area contributed by atoms with Gasteiger partial charge in [0, 0.05) is 24.4 Å². The van der Waals surface area contributed by atoms with E-state index >= 15 is 0 Å². The zero-order chi connectivity index (χ0) is 5.98. The molecule has 0 aliphatic carbocycles. The highest BCUT2D eigenvalue weighted by Crippen LogP contribution is 2.04. The molecule has 44 valence electrons. The number of carbonyl (C=O) groups is 1. The standard InChI is InChI=1S/C5H6ClNO/c6-7-4-2-1-3-5(7)8/h1,3H,2,4H2. The number of nitrogens with zero attached hydrogens (tertiary/aromatic N) is 1. The summed E-state index contributed by atoms with van der Waals surface area (Å²) in [4.78, 5) is 10.5. The van der Waals surface area contributed by atoms with Crippen molar-refractivity contribution in [3.05, 3.63) is 12.2 Å². The molecule has 2 nitrogen and oxygen atoms in total. The van der Waals surface area contributed by atoms with Gasteiger partial charge in [-0.1, -0.05) is 6.08 Å². The Balaban J connectivity index is 2.60. The van der Waals surface area contributed by atoms with Crippen LogP contribution in [0, 0.1) is 0 Å². The molecule has 0 aromatic carbocycles. The lowest BCUT2D eigenvalue weighted by Crippen LogP contribution is -2.22. The Morgan fingerprint density at radius 2 is 2.50 bits per heavy atom. The highest BCUT2D eigenvalue weighted by atomic mass is 35.5. The highest BCUT2D eigenvalue weighted by Gasteiger charge is 2.08. The number of rotatable bonds is 0. The van der Waals surface area contributed by atoms with Gasteiger partial charge in [-0.25, -0.2) is 0 Å². The van der Waals surface area contributed by atoms with Crippen LogP contribution in [-0.2, 0) is 4.79 Å². The lowest BCUT2D eigenvalue weighted by atomic mass is 10.3. The first-order valence-corrected chi connectivity index (χ1v) is 2.78. The van der Waals surface area contributed by atoms with E-state index < -0.39 is 0 Å². The van der Waals surface area contributed by atoms with E-state index in [0.717, 1.165) is 6.42 Å². The van der Waals surface area contributed by atoms with Crippen LogP contribution in [0.5, 0.6) is 0 Å². The van der Waals surface area contributed by atoms with Crippen LogP contribution in [0.15, 0.2) is 12.2 Å². The summed E-state index contributed by atoms with van der Waals surface area (Å²) in [6.07, 6.45) is 4.17. The fraction of sp³-hybridized carbons (Fsp3) is 0.400. The second-order valence-corrected chi connectivity index (χ2v) is 2.02. The lowest BCUT2D eigenvalue weighted by Gasteiger charge is -2.12. The van der Waals surface area contributed by atoms with Crippen molar-refractivity contribution in [3.63, 3.8) is 0 Å². The molecule has 0 fully saturated rings. The van der Waals surface area contributed by atoms with Gasteiger partial charge < -0.3 is 0 Å². The van der Waals surface area contributed by atoms with Crippen molar-refractivity contribution in [2.24, 2.45) is 0 Å². The third-order valence-corrected chi connectivity index (χ3v) is 1.33. The maximum absolute atomic E-state index is 10.5. The van der Waals surface area contributed by atoms with Crippen LogP contribution in [0.3, 0.4) is 0 Å². The number of carbonyl (C=O) groups excluding carboxylic acids is 1. The molecule has 1 heterocycles. The van der Waals surface area contributed by atoms with Crippen LogP contribution >= 0.6 is 11.8 Å². The number of amides is 1. The Morgan fingerprint density at radius 3 is 2.88 bits per heavy atom. The van der Waals surface area contributed by atoms with Gasteiger partial charge in [0.15, 0.2) is 0 Å². The van der Waals surface area contributed by atoms with E-state index in [1.165, 1.54) is 10.5 Å². The Bertz CT molecular complexity index is 132. The Hall–Kier alpha value is -0.500. The maximum Gasteiger partial charge on any atom is 0.260 e. The molecular weight excluding hydrogens is 126 g/mol. The van der Waals surface area contributed by atoms with Crippen molar-refractivity contribution in [2.75, 3.05) is 6.54 Å². The second kappa shape index (κ2) is 2.18. The van der Waals surface area contributed by atoms with Gasteiger partial charge in [-0.15, -0.1) is 0 Å². The van der Waals surface area contributed by atoms with Crippen molar-refractivity contribution in [3.8, 4) is 0 Å². The van der Waals surface area contributed by atoms with Crippen LogP contribution in [-0.4, -0.2) is 16.9 Å². The molecular formula is C5H6ClNO. The summed E-state index contributed by atoms with van der Waals surface area (Å²) in [6.45, 7) is 0.636. The summed E-state index contributed by atoms with van der Waals surface area (Å²) in [6, 6.07) is 0. The normalized spacial score (nSPS) is 19.6. The van der Waals surface area contributed by atoms with E-state index in [0.29, 0.717) is 6.54 Å². The fourth-order valence-electron chi connectivity index (χ4n) is 0.563. The zero-order valence-electron chi connectivity index (χ0n) is 4.30. The van der Waals surface area contributed by atoms with Crippen molar-refractivity contribution in [1.82, 2.24) is 4.42 Å². The lowest BCUT2D eigenvalue weighted by molar-refractivity contribution is -0.122. The predicted octanol–water partition coefficient (Wildman–Crippen LogP) is 0.929. The largest absolute Gasteiger partial charge is 0.268 e. The third kappa shape index (κ3) is 1.01. The first-order valence-electron chi connectivity index (χ1n) is 2.44. The van der Waals surface area contributed by atoms with Crippen molar-refractivity contribution < 1.29 is 4.79 Å². The van der Waals surface area contributed by atoms with Gasteiger partial charge in [0.1, 0.15) is 0 Å². The summed E-state index contributed by atoms with van der Waals surface area (Å²) >= 11 is 5.40. The van der Waals surface area contributed by atoms with Crippen molar-refractivity contribution in [2.45, 2.75) is 6.42 Å². The molecule has 3 heteroatoms. The minimum absolute atomic E-state index is 0.113. The van der Waals surface area contributed by atoms with Gasteiger partial charge in [0.25, 0.3) is 5.91 Å². The van der Waals surface area contributed by atoms with E-state index in [1.807, 2.05) is 6.08 Å². The quantitative estimate of drug-likeness (QED) is 0.448. The molecule has 1 rings (SSSR count). The van der Waals surface area contributed by atoms with E-state index in [4.69, 9.17) is 11.8 Å². The molecule has 0 atom stereocenters. The fourth-order valence-corrected chi connectivity index (χ4v) is 0.717. The average Bonchev–Trinajstić information content (AvgIpc) is 1.77. The zero-order valence-corrected chi connectivity index (χ0v) is 5.06. The third-order valence-electron chi connectivity index (χ3n) is 0.992. The second-order valence-electron chi connectivity index (χ2n) is 1.62. The van der Waals surface area contributed by atoms with Gasteiger partial charge in [-0.3, -0.25) is 9.21 Å². The Morgan fingerprint density at radius 1 is 1.75 bits per heavy atom. The van der Waals surface area contributed by atoms with Gasteiger partial charge in [0.05, 0.1) is 0 Å². The van der Waals surface area contributed by atoms with E-state index in [-0.39, 0.29) is 5.91 Å². The first-order chi connectivity index (χ1) is 3.80. The van der Waals surface area contributed by atoms with Gasteiger partial charge >= 0.3 is 0 Å². The van der Waals surface area contributed by atoms with E-state index in [2.05, 4.69) is 0 Å². The molecule has 0 aromatic rings. The maximum atomic E-state index is 10.5. The minimum atomic E-state index is -0.113. The topological polar surface area (TPSA) is 20.3 Å². The molecule has 0 spiro atoms. The molecule has 0 aromatic heterocycles. The molecule has 0 saturated heterocycles. The minimum Gasteiger partial charge on any atom is -0.268 e.